The molecule has 13 heavy (non-hydrogen) atoms. The number of aromatic nitrogens is 2. The second kappa shape index (κ2) is 3.05. The van der Waals surface area contributed by atoms with Gasteiger partial charge in [0.15, 0.2) is 5.82 Å². The molecule has 0 atom stereocenters. The first kappa shape index (κ1) is 8.60. The van der Waals surface area contributed by atoms with Crippen LogP contribution in [0, 0.1) is 5.82 Å². The van der Waals surface area contributed by atoms with Gasteiger partial charge in [-0.1, -0.05) is 13.8 Å². The number of hydrogen-bond acceptors (Lipinski definition) is 2. The van der Waals surface area contributed by atoms with Crippen molar-refractivity contribution in [2.75, 3.05) is 0 Å². The molecule has 0 bridgehead atoms. The highest BCUT2D eigenvalue weighted by molar-refractivity contribution is 5.13. The number of rotatable bonds is 2. The van der Waals surface area contributed by atoms with Crippen LogP contribution < -0.4 is 0 Å². The van der Waals surface area contributed by atoms with Crippen molar-refractivity contribution in [1.82, 2.24) is 9.97 Å². The van der Waals surface area contributed by atoms with Gasteiger partial charge in [-0.15, -0.1) is 0 Å². The molecule has 1 saturated carbocycles. The second-order valence-electron chi connectivity index (χ2n) is 3.89. The van der Waals surface area contributed by atoms with Crippen molar-refractivity contribution >= 4 is 0 Å². The second-order valence-corrected chi connectivity index (χ2v) is 3.89. The molecule has 0 N–H and O–H groups in total. The summed E-state index contributed by atoms with van der Waals surface area (Å²) in [5.41, 5.74) is 0.553. The Morgan fingerprint density at radius 2 is 2.15 bits per heavy atom. The monoisotopic (exact) mass is 180 g/mol. The van der Waals surface area contributed by atoms with Crippen LogP contribution in [0.2, 0.25) is 0 Å². The molecule has 1 fully saturated rings. The summed E-state index contributed by atoms with van der Waals surface area (Å²) < 4.78 is 13.2. The summed E-state index contributed by atoms with van der Waals surface area (Å²) >= 11 is 0. The number of halogens is 1. The largest absolute Gasteiger partial charge is 0.238 e. The van der Waals surface area contributed by atoms with E-state index < -0.39 is 0 Å². The molecule has 3 heteroatoms. The van der Waals surface area contributed by atoms with Gasteiger partial charge in [0, 0.05) is 5.92 Å². The van der Waals surface area contributed by atoms with E-state index in [1.165, 1.54) is 6.20 Å². The Balaban J connectivity index is 2.36. The van der Waals surface area contributed by atoms with E-state index in [9.17, 15) is 4.39 Å². The molecule has 0 aliphatic heterocycles. The van der Waals surface area contributed by atoms with Gasteiger partial charge in [0.25, 0.3) is 0 Å². The molecule has 0 amide bonds. The van der Waals surface area contributed by atoms with Gasteiger partial charge in [-0.05, 0) is 18.8 Å². The predicted molar refractivity (Wildman–Crippen MR) is 48.1 cm³/mol. The zero-order valence-electron chi connectivity index (χ0n) is 7.92. The first-order chi connectivity index (χ1) is 6.18. The molecule has 0 radical (unpaired) electrons. The zero-order chi connectivity index (χ0) is 9.42. The summed E-state index contributed by atoms with van der Waals surface area (Å²) in [5.74, 6) is 1.18. The van der Waals surface area contributed by atoms with Crippen LogP contribution in [-0.2, 0) is 0 Å². The van der Waals surface area contributed by atoms with Gasteiger partial charge in [-0.3, -0.25) is 0 Å². The Morgan fingerprint density at radius 3 is 2.69 bits per heavy atom. The smallest absolute Gasteiger partial charge is 0.163 e. The fraction of sp³-hybridized carbons (Fsp3) is 0.600. The third-order valence-electron chi connectivity index (χ3n) is 2.28. The quantitative estimate of drug-likeness (QED) is 0.699. The lowest BCUT2D eigenvalue weighted by Crippen LogP contribution is -2.03. The predicted octanol–water partition coefficient (Wildman–Crippen LogP) is 2.62. The highest BCUT2D eigenvalue weighted by Crippen LogP contribution is 2.38. The van der Waals surface area contributed by atoms with Crippen molar-refractivity contribution in [2.45, 2.75) is 38.5 Å². The highest BCUT2D eigenvalue weighted by Gasteiger charge is 2.27. The first-order valence-corrected chi connectivity index (χ1v) is 4.71. The van der Waals surface area contributed by atoms with E-state index in [1.54, 1.807) is 0 Å². The van der Waals surface area contributed by atoms with Crippen LogP contribution in [0.15, 0.2) is 6.20 Å². The van der Waals surface area contributed by atoms with E-state index in [2.05, 4.69) is 9.97 Å². The Morgan fingerprint density at radius 1 is 1.46 bits per heavy atom. The third kappa shape index (κ3) is 1.69. The highest BCUT2D eigenvalue weighted by atomic mass is 19.1. The van der Waals surface area contributed by atoms with Gasteiger partial charge in [0.05, 0.1) is 11.9 Å². The average Bonchev–Trinajstić information content (AvgIpc) is 2.87. The topological polar surface area (TPSA) is 25.8 Å². The summed E-state index contributed by atoms with van der Waals surface area (Å²) in [4.78, 5) is 8.24. The lowest BCUT2D eigenvalue weighted by atomic mass is 10.1. The van der Waals surface area contributed by atoms with Crippen LogP contribution in [0.5, 0.6) is 0 Å². The maximum atomic E-state index is 13.2. The summed E-state index contributed by atoms with van der Waals surface area (Å²) in [6, 6.07) is 0. The van der Waals surface area contributed by atoms with Gasteiger partial charge in [-0.25, -0.2) is 14.4 Å². The molecule has 1 aliphatic carbocycles. The maximum absolute atomic E-state index is 13.2. The van der Waals surface area contributed by atoms with Crippen molar-refractivity contribution in [1.29, 1.82) is 0 Å². The van der Waals surface area contributed by atoms with Gasteiger partial charge in [0.1, 0.15) is 5.82 Å². The summed E-state index contributed by atoms with van der Waals surface area (Å²) in [7, 11) is 0. The lowest BCUT2D eigenvalue weighted by molar-refractivity contribution is 0.570. The van der Waals surface area contributed by atoms with Crippen molar-refractivity contribution < 1.29 is 4.39 Å². The Labute approximate surface area is 77.2 Å². The Bertz CT molecular complexity index is 319. The zero-order valence-corrected chi connectivity index (χ0v) is 7.92. The lowest BCUT2D eigenvalue weighted by Gasteiger charge is -2.06. The summed E-state index contributed by atoms with van der Waals surface area (Å²) in [5, 5.41) is 0. The fourth-order valence-corrected chi connectivity index (χ4v) is 1.34. The third-order valence-corrected chi connectivity index (χ3v) is 2.28. The van der Waals surface area contributed by atoms with Crippen LogP contribution in [0.1, 0.15) is 50.0 Å². The van der Waals surface area contributed by atoms with E-state index in [-0.39, 0.29) is 11.7 Å². The van der Waals surface area contributed by atoms with Gasteiger partial charge < -0.3 is 0 Å². The fourth-order valence-electron chi connectivity index (χ4n) is 1.34. The minimum Gasteiger partial charge on any atom is -0.238 e. The van der Waals surface area contributed by atoms with Gasteiger partial charge >= 0.3 is 0 Å². The molecule has 2 rings (SSSR count). The first-order valence-electron chi connectivity index (χ1n) is 4.71. The average molecular weight is 180 g/mol. The minimum absolute atomic E-state index is 0.139. The normalized spacial score (nSPS) is 16.6. The van der Waals surface area contributed by atoms with E-state index in [1.807, 2.05) is 13.8 Å². The molecule has 0 spiro atoms. The van der Waals surface area contributed by atoms with E-state index in [4.69, 9.17) is 0 Å². The van der Waals surface area contributed by atoms with Crippen molar-refractivity contribution in [2.24, 2.45) is 0 Å². The molecule has 1 aromatic heterocycles. The molecule has 0 aromatic carbocycles. The van der Waals surface area contributed by atoms with Crippen LogP contribution in [-0.4, -0.2) is 9.97 Å². The molecular formula is C10H13FN2. The Kier molecular flexibility index (Phi) is 2.02. The summed E-state index contributed by atoms with van der Waals surface area (Å²) in [6.07, 6.45) is 3.61. The molecular weight excluding hydrogens is 167 g/mol. The molecule has 1 aliphatic rings. The minimum atomic E-state index is -0.278. The molecule has 0 saturated heterocycles. The van der Waals surface area contributed by atoms with Gasteiger partial charge in [-0.2, -0.15) is 0 Å². The van der Waals surface area contributed by atoms with Gasteiger partial charge in [0.2, 0.25) is 0 Å². The molecule has 0 unspecified atom stereocenters. The maximum Gasteiger partial charge on any atom is 0.163 e. The van der Waals surface area contributed by atoms with Crippen molar-refractivity contribution in [3.63, 3.8) is 0 Å². The van der Waals surface area contributed by atoms with Crippen molar-refractivity contribution in [3.8, 4) is 0 Å². The van der Waals surface area contributed by atoms with Crippen LogP contribution in [0.3, 0.4) is 0 Å². The number of hydrogen-bond donors (Lipinski definition) is 0. The molecule has 1 aromatic rings. The van der Waals surface area contributed by atoms with E-state index >= 15 is 0 Å². The summed E-state index contributed by atoms with van der Waals surface area (Å²) in [6.45, 7) is 3.89. The van der Waals surface area contributed by atoms with Crippen LogP contribution >= 0.6 is 0 Å². The van der Waals surface area contributed by atoms with Crippen LogP contribution in [0.25, 0.3) is 0 Å². The Hall–Kier alpha value is -0.990. The SMILES string of the molecule is CC(C)c1nc(C2CC2)ncc1F. The standard InChI is InChI=1S/C10H13FN2/c1-6(2)9-8(11)5-12-10(13-9)7-3-4-7/h5-7H,3-4H2,1-2H3. The molecule has 1 heterocycles. The number of nitrogens with zero attached hydrogens (tertiary/aromatic N) is 2. The molecule has 70 valence electrons. The van der Waals surface area contributed by atoms with E-state index in [0.29, 0.717) is 11.6 Å². The molecule has 2 nitrogen and oxygen atoms in total. The van der Waals surface area contributed by atoms with E-state index in [0.717, 1.165) is 18.7 Å². The van der Waals surface area contributed by atoms with Crippen LogP contribution in [0.4, 0.5) is 4.39 Å². The van der Waals surface area contributed by atoms with Crippen molar-refractivity contribution in [3.05, 3.63) is 23.5 Å².